The Morgan fingerprint density at radius 1 is 1.40 bits per heavy atom. The van der Waals surface area contributed by atoms with Crippen LogP contribution in [0.1, 0.15) is 18.9 Å². The minimum atomic E-state index is -0.820. The van der Waals surface area contributed by atoms with Gasteiger partial charge in [-0.1, -0.05) is 6.92 Å². The van der Waals surface area contributed by atoms with Crippen LogP contribution in [0.3, 0.4) is 0 Å². The highest BCUT2D eigenvalue weighted by Crippen LogP contribution is 2.12. The zero-order valence-electron chi connectivity index (χ0n) is 11.1. The molecule has 0 radical (unpaired) electrons. The molecule has 1 atom stereocenters. The zero-order chi connectivity index (χ0) is 15.0. The third-order valence-electron chi connectivity index (χ3n) is 2.56. The Morgan fingerprint density at radius 2 is 2.05 bits per heavy atom. The number of aliphatic carboxylic acids is 1. The first-order valence-electron chi connectivity index (χ1n) is 6.13. The Bertz CT molecular complexity index is 508. The van der Waals surface area contributed by atoms with E-state index in [4.69, 9.17) is 10.4 Å². The van der Waals surface area contributed by atoms with Gasteiger partial charge in [0.2, 0.25) is 5.91 Å². The molecule has 20 heavy (non-hydrogen) atoms. The van der Waals surface area contributed by atoms with E-state index in [2.05, 4.69) is 5.32 Å². The molecule has 6 heteroatoms. The van der Waals surface area contributed by atoms with Gasteiger partial charge in [0.25, 0.3) is 0 Å². The lowest BCUT2D eigenvalue weighted by Crippen LogP contribution is -2.14. The fraction of sp³-hybridized carbons (Fsp3) is 0.357. The Kier molecular flexibility index (Phi) is 6.60. The summed E-state index contributed by atoms with van der Waals surface area (Å²) >= 11 is 1.45. The second-order valence-electron chi connectivity index (χ2n) is 4.30. The number of anilines is 1. The third-order valence-corrected chi connectivity index (χ3v) is 3.79. The molecule has 0 heterocycles. The van der Waals surface area contributed by atoms with Crippen molar-refractivity contribution in [3.05, 3.63) is 29.8 Å². The van der Waals surface area contributed by atoms with Crippen molar-refractivity contribution < 1.29 is 14.7 Å². The van der Waals surface area contributed by atoms with Gasteiger partial charge in [-0.3, -0.25) is 9.59 Å². The quantitative estimate of drug-likeness (QED) is 0.753. The van der Waals surface area contributed by atoms with Gasteiger partial charge in [0, 0.05) is 23.6 Å². The number of carbonyl (C=O) groups excluding carboxylic acids is 1. The van der Waals surface area contributed by atoms with Crippen LogP contribution in [0, 0.1) is 17.2 Å². The molecular formula is C14H16N2O3S. The van der Waals surface area contributed by atoms with Crippen molar-refractivity contribution in [3.8, 4) is 6.07 Å². The van der Waals surface area contributed by atoms with Gasteiger partial charge in [-0.05, 0) is 24.3 Å². The summed E-state index contributed by atoms with van der Waals surface area (Å²) in [6, 6.07) is 8.63. The first-order chi connectivity index (χ1) is 9.52. The van der Waals surface area contributed by atoms with E-state index in [0.29, 0.717) is 29.2 Å². The lowest BCUT2D eigenvalue weighted by atomic mass is 10.2. The van der Waals surface area contributed by atoms with Crippen LogP contribution in [-0.2, 0) is 9.59 Å². The largest absolute Gasteiger partial charge is 0.481 e. The summed E-state index contributed by atoms with van der Waals surface area (Å²) in [5.74, 6) is -0.259. The molecule has 0 spiro atoms. The molecule has 0 aliphatic heterocycles. The highest BCUT2D eigenvalue weighted by Gasteiger charge is 2.10. The minimum absolute atomic E-state index is 0.120. The minimum Gasteiger partial charge on any atom is -0.481 e. The average molecular weight is 292 g/mol. The zero-order valence-corrected chi connectivity index (χ0v) is 11.9. The van der Waals surface area contributed by atoms with Gasteiger partial charge < -0.3 is 10.4 Å². The van der Waals surface area contributed by atoms with E-state index in [0.717, 1.165) is 0 Å². The summed E-state index contributed by atoms with van der Waals surface area (Å²) < 4.78 is 0. The highest BCUT2D eigenvalue weighted by atomic mass is 32.2. The van der Waals surface area contributed by atoms with E-state index in [-0.39, 0.29) is 5.91 Å². The first-order valence-corrected chi connectivity index (χ1v) is 7.29. The van der Waals surface area contributed by atoms with Gasteiger partial charge in [0.05, 0.1) is 17.6 Å². The number of amides is 1. The monoisotopic (exact) mass is 292 g/mol. The number of carbonyl (C=O) groups is 2. The van der Waals surface area contributed by atoms with Crippen molar-refractivity contribution in [2.75, 3.05) is 16.8 Å². The number of thioether (sulfide) groups is 1. The van der Waals surface area contributed by atoms with Gasteiger partial charge in [-0.25, -0.2) is 0 Å². The number of nitriles is 1. The van der Waals surface area contributed by atoms with Crippen LogP contribution in [0.15, 0.2) is 24.3 Å². The van der Waals surface area contributed by atoms with E-state index >= 15 is 0 Å². The number of hydrogen-bond acceptors (Lipinski definition) is 4. The van der Waals surface area contributed by atoms with Crippen LogP contribution < -0.4 is 5.32 Å². The Labute approximate surface area is 122 Å². The molecule has 5 nitrogen and oxygen atoms in total. The number of nitrogens with one attached hydrogen (secondary N) is 1. The molecule has 1 aromatic carbocycles. The maximum absolute atomic E-state index is 11.6. The average Bonchev–Trinajstić information content (AvgIpc) is 2.44. The van der Waals surface area contributed by atoms with E-state index in [1.807, 2.05) is 6.07 Å². The van der Waals surface area contributed by atoms with Gasteiger partial charge in [0.1, 0.15) is 0 Å². The highest BCUT2D eigenvalue weighted by molar-refractivity contribution is 7.99. The fourth-order valence-corrected chi connectivity index (χ4v) is 2.34. The third kappa shape index (κ3) is 5.76. The van der Waals surface area contributed by atoms with Gasteiger partial charge in [0.15, 0.2) is 0 Å². The molecule has 1 rings (SSSR count). The SMILES string of the molecule is CC(CSCCC(=O)Nc1ccc(C#N)cc1)C(=O)O. The van der Waals surface area contributed by atoms with Crippen molar-refractivity contribution in [1.82, 2.24) is 0 Å². The molecule has 0 bridgehead atoms. The van der Waals surface area contributed by atoms with Crippen LogP contribution >= 0.6 is 11.8 Å². The van der Waals surface area contributed by atoms with Crippen molar-refractivity contribution in [2.24, 2.45) is 5.92 Å². The summed E-state index contributed by atoms with van der Waals surface area (Å²) in [4.78, 5) is 22.2. The number of carboxylic acid groups (broad SMARTS) is 1. The van der Waals surface area contributed by atoms with Crippen molar-refractivity contribution >= 4 is 29.3 Å². The predicted molar refractivity (Wildman–Crippen MR) is 78.5 cm³/mol. The maximum atomic E-state index is 11.6. The number of hydrogen-bond donors (Lipinski definition) is 2. The fourth-order valence-electron chi connectivity index (χ4n) is 1.35. The van der Waals surface area contributed by atoms with Crippen LogP contribution in [-0.4, -0.2) is 28.5 Å². The molecule has 0 aliphatic carbocycles. The summed E-state index contributed by atoms with van der Waals surface area (Å²) in [6.07, 6.45) is 0.330. The molecule has 1 aromatic rings. The second-order valence-corrected chi connectivity index (χ2v) is 5.45. The maximum Gasteiger partial charge on any atom is 0.307 e. The Balaban J connectivity index is 2.26. The van der Waals surface area contributed by atoms with Crippen LogP contribution in [0.25, 0.3) is 0 Å². The summed E-state index contributed by atoms with van der Waals surface area (Å²) in [5, 5.41) is 20.1. The first kappa shape index (κ1) is 16.1. The number of rotatable bonds is 7. The van der Waals surface area contributed by atoms with Crippen molar-refractivity contribution in [1.29, 1.82) is 5.26 Å². The van der Waals surface area contributed by atoms with Crippen LogP contribution in [0.4, 0.5) is 5.69 Å². The molecule has 0 aromatic heterocycles. The van der Waals surface area contributed by atoms with Crippen LogP contribution in [0.2, 0.25) is 0 Å². The van der Waals surface area contributed by atoms with E-state index < -0.39 is 11.9 Å². The topological polar surface area (TPSA) is 90.2 Å². The molecule has 1 amide bonds. The molecule has 106 valence electrons. The Hall–Kier alpha value is -2.00. The van der Waals surface area contributed by atoms with Crippen molar-refractivity contribution in [2.45, 2.75) is 13.3 Å². The summed E-state index contributed by atoms with van der Waals surface area (Å²) in [5.41, 5.74) is 1.19. The molecule has 0 fully saturated rings. The van der Waals surface area contributed by atoms with E-state index in [1.54, 1.807) is 31.2 Å². The van der Waals surface area contributed by atoms with E-state index in [9.17, 15) is 9.59 Å². The summed E-state index contributed by atoms with van der Waals surface area (Å²) in [6.45, 7) is 1.64. The van der Waals surface area contributed by atoms with Crippen LogP contribution in [0.5, 0.6) is 0 Å². The lowest BCUT2D eigenvalue weighted by Gasteiger charge is -2.07. The normalized spacial score (nSPS) is 11.4. The van der Waals surface area contributed by atoms with Gasteiger partial charge in [-0.2, -0.15) is 17.0 Å². The Morgan fingerprint density at radius 3 is 2.60 bits per heavy atom. The number of benzene rings is 1. The number of nitrogens with zero attached hydrogens (tertiary/aromatic N) is 1. The lowest BCUT2D eigenvalue weighted by molar-refractivity contribution is -0.140. The van der Waals surface area contributed by atoms with Crippen molar-refractivity contribution in [3.63, 3.8) is 0 Å². The standard InChI is InChI=1S/C14H16N2O3S/c1-10(14(18)19)9-20-7-6-13(17)16-12-4-2-11(8-15)3-5-12/h2-5,10H,6-7,9H2,1H3,(H,16,17)(H,18,19). The van der Waals surface area contributed by atoms with Gasteiger partial charge in [-0.15, -0.1) is 0 Å². The van der Waals surface area contributed by atoms with Gasteiger partial charge >= 0.3 is 5.97 Å². The second kappa shape index (κ2) is 8.23. The molecule has 1 unspecified atom stereocenters. The van der Waals surface area contributed by atoms with E-state index in [1.165, 1.54) is 11.8 Å². The molecule has 0 saturated carbocycles. The molecule has 0 aliphatic rings. The molecular weight excluding hydrogens is 276 g/mol. The molecule has 2 N–H and O–H groups in total. The molecule has 0 saturated heterocycles. The predicted octanol–water partition coefficient (Wildman–Crippen LogP) is 2.34. The smallest absolute Gasteiger partial charge is 0.307 e. The number of carboxylic acids is 1. The summed E-state index contributed by atoms with van der Waals surface area (Å²) in [7, 11) is 0.